The van der Waals surface area contributed by atoms with Crippen LogP contribution in [0.3, 0.4) is 0 Å². The maximum Gasteiger partial charge on any atom is 0.490 e. The van der Waals surface area contributed by atoms with Crippen molar-refractivity contribution in [2.24, 2.45) is 0 Å². The molecule has 7 heteroatoms. The molecule has 0 aromatic heterocycles. The molecule has 29 heavy (non-hydrogen) atoms. The first-order chi connectivity index (χ1) is 12.8. The minimum Gasteiger partial charge on any atom is -0.417 e. The minimum atomic E-state index is -1.88. The summed E-state index contributed by atoms with van der Waals surface area (Å²) in [6.07, 6.45) is 3.39. The van der Waals surface area contributed by atoms with Crippen molar-refractivity contribution in [2.75, 3.05) is 6.61 Å². The van der Waals surface area contributed by atoms with Gasteiger partial charge in [-0.25, -0.2) is 0 Å². The highest BCUT2D eigenvalue weighted by Gasteiger charge is 2.53. The largest absolute Gasteiger partial charge is 0.490 e. The van der Waals surface area contributed by atoms with E-state index in [-0.39, 0.29) is 29.5 Å². The zero-order valence-corrected chi connectivity index (χ0v) is 23.5. The zero-order chi connectivity index (χ0) is 22.9. The highest BCUT2D eigenvalue weighted by Crippen LogP contribution is 2.40. The molecule has 0 saturated carbocycles. The molecule has 0 unspecified atom stereocenters. The molecule has 1 aliphatic rings. The number of rotatable bonds is 9. The van der Waals surface area contributed by atoms with Crippen LogP contribution in [0.5, 0.6) is 0 Å². The fourth-order valence-corrected chi connectivity index (χ4v) is 6.91. The maximum absolute atomic E-state index is 6.38. The number of allylic oxidation sites excluding steroid dienone is 1. The van der Waals surface area contributed by atoms with Gasteiger partial charge in [0.2, 0.25) is 0 Å². The van der Waals surface area contributed by atoms with E-state index in [0.29, 0.717) is 0 Å². The van der Waals surface area contributed by atoms with E-state index in [1.807, 2.05) is 0 Å². The van der Waals surface area contributed by atoms with Crippen LogP contribution < -0.4 is 0 Å². The molecule has 4 nitrogen and oxygen atoms in total. The second kappa shape index (κ2) is 9.29. The van der Waals surface area contributed by atoms with E-state index in [4.69, 9.17) is 18.2 Å². The normalized spacial score (nSPS) is 20.6. The summed E-state index contributed by atoms with van der Waals surface area (Å²) in [7, 11) is -3.92. The zero-order valence-electron chi connectivity index (χ0n) is 21.5. The quantitative estimate of drug-likeness (QED) is 0.298. The molecule has 0 amide bonds. The third-order valence-electron chi connectivity index (χ3n) is 6.53. The van der Waals surface area contributed by atoms with Crippen LogP contribution in [0.1, 0.15) is 68.7 Å². The Labute approximate surface area is 183 Å². The van der Waals surface area contributed by atoms with Crippen LogP contribution in [0.2, 0.25) is 37.3 Å². The third-order valence-corrected chi connectivity index (χ3v) is 13.4. The Bertz CT molecular complexity index is 562. The van der Waals surface area contributed by atoms with Gasteiger partial charge in [-0.1, -0.05) is 26.8 Å². The van der Waals surface area contributed by atoms with Gasteiger partial charge in [0.15, 0.2) is 16.6 Å². The van der Waals surface area contributed by atoms with Gasteiger partial charge in [0.05, 0.1) is 11.2 Å². The van der Waals surface area contributed by atoms with Crippen LogP contribution in [0, 0.1) is 0 Å². The Hall–Kier alpha value is 0.0787. The molecule has 1 saturated heterocycles. The average molecular weight is 443 g/mol. The van der Waals surface area contributed by atoms with Gasteiger partial charge in [0, 0.05) is 12.7 Å². The van der Waals surface area contributed by atoms with Gasteiger partial charge >= 0.3 is 7.12 Å². The Morgan fingerprint density at radius 3 is 1.90 bits per heavy atom. The number of hydrogen-bond donors (Lipinski definition) is 0. The molecule has 170 valence electrons. The fraction of sp³-hybridized carbons (Fsp3) is 0.909. The summed E-state index contributed by atoms with van der Waals surface area (Å²) in [6, 6.07) is 0.905. The van der Waals surface area contributed by atoms with E-state index >= 15 is 0 Å². The van der Waals surface area contributed by atoms with Crippen molar-refractivity contribution in [3.8, 4) is 0 Å². The van der Waals surface area contributed by atoms with Gasteiger partial charge in [-0.15, -0.1) is 0 Å². The molecule has 0 radical (unpaired) electrons. The maximum atomic E-state index is 6.38. The van der Waals surface area contributed by atoms with Crippen LogP contribution in [0.25, 0.3) is 0 Å². The predicted octanol–water partition coefficient (Wildman–Crippen LogP) is 6.59. The summed E-state index contributed by atoms with van der Waals surface area (Å²) >= 11 is 0. The fourth-order valence-electron chi connectivity index (χ4n) is 3.19. The highest BCUT2D eigenvalue weighted by molar-refractivity contribution is 6.74. The van der Waals surface area contributed by atoms with Crippen molar-refractivity contribution < 1.29 is 18.2 Å². The lowest BCUT2D eigenvalue weighted by Gasteiger charge is -2.36. The van der Waals surface area contributed by atoms with Gasteiger partial charge in [0.1, 0.15) is 0 Å². The Morgan fingerprint density at radius 1 is 1.00 bits per heavy atom. The first-order valence-electron chi connectivity index (χ1n) is 11.2. The van der Waals surface area contributed by atoms with Gasteiger partial charge in [-0.3, -0.25) is 0 Å². The summed E-state index contributed by atoms with van der Waals surface area (Å²) in [4.78, 5) is 0. The molecule has 0 aromatic rings. The van der Waals surface area contributed by atoms with Crippen molar-refractivity contribution in [1.29, 1.82) is 0 Å². The van der Waals surface area contributed by atoms with Crippen molar-refractivity contribution >= 4 is 23.8 Å². The van der Waals surface area contributed by atoms with Crippen molar-refractivity contribution in [3.05, 3.63) is 11.5 Å². The molecule has 1 aliphatic heterocycles. The van der Waals surface area contributed by atoms with E-state index in [9.17, 15) is 0 Å². The van der Waals surface area contributed by atoms with E-state index < -0.39 is 16.6 Å². The van der Waals surface area contributed by atoms with Crippen LogP contribution in [-0.4, -0.2) is 47.7 Å². The van der Waals surface area contributed by atoms with E-state index in [0.717, 1.165) is 19.1 Å². The van der Waals surface area contributed by atoms with Gasteiger partial charge in [-0.05, 0) is 90.7 Å². The molecule has 0 N–H and O–H groups in total. The summed E-state index contributed by atoms with van der Waals surface area (Å²) in [5.41, 5.74) is 0.539. The molecule has 0 bridgehead atoms. The molecule has 0 aromatic carbocycles. The third kappa shape index (κ3) is 7.61. The summed E-state index contributed by atoms with van der Waals surface area (Å²) in [5, 5.41) is 0.227. The van der Waals surface area contributed by atoms with E-state index in [1.54, 1.807) is 0 Å². The van der Waals surface area contributed by atoms with Gasteiger partial charge in [-0.2, -0.15) is 0 Å². The van der Waals surface area contributed by atoms with Crippen LogP contribution in [0.4, 0.5) is 0 Å². The SMILES string of the molecule is CC(C)O[Si](C)(C)C/C(=C/CCO[Si](C)(C)C(C)(C)C)B1OC(C)(C)C(C)(C)O1. The number of hydrogen-bond acceptors (Lipinski definition) is 4. The predicted molar refractivity (Wildman–Crippen MR) is 130 cm³/mol. The van der Waals surface area contributed by atoms with Crippen LogP contribution in [0.15, 0.2) is 11.5 Å². The average Bonchev–Trinajstić information content (AvgIpc) is 2.68. The lowest BCUT2D eigenvalue weighted by molar-refractivity contribution is 0.00578. The second-order valence-corrected chi connectivity index (χ2v) is 20.8. The Morgan fingerprint density at radius 2 is 1.48 bits per heavy atom. The second-order valence-electron chi connectivity index (χ2n) is 11.9. The van der Waals surface area contributed by atoms with Crippen LogP contribution in [-0.2, 0) is 18.2 Å². The molecule has 1 heterocycles. The summed E-state index contributed by atoms with van der Waals surface area (Å²) < 4.78 is 25.4. The molecule has 0 spiro atoms. The first kappa shape index (κ1) is 27.1. The standard InChI is InChI=1S/C22H47BO4Si2/c1-18(2)25-28(10,11)17-19(23-26-21(6,7)22(8,9)27-23)15-14-16-24-29(12,13)20(3,4)5/h15,18H,14,16-17H2,1-13H3/b19-15-. The summed E-state index contributed by atoms with van der Waals surface area (Å²) in [5.74, 6) is 0. The van der Waals surface area contributed by atoms with Crippen molar-refractivity contribution in [2.45, 2.75) is 123 Å². The molecule has 0 aliphatic carbocycles. The smallest absolute Gasteiger partial charge is 0.417 e. The van der Waals surface area contributed by atoms with Crippen molar-refractivity contribution in [3.63, 3.8) is 0 Å². The topological polar surface area (TPSA) is 36.9 Å². The Kier molecular flexibility index (Phi) is 8.68. The molecular weight excluding hydrogens is 395 g/mol. The lowest BCUT2D eigenvalue weighted by Crippen LogP contribution is -2.41. The monoisotopic (exact) mass is 442 g/mol. The molecule has 1 fully saturated rings. The molecule has 0 atom stereocenters. The molecular formula is C22H47BO4Si2. The van der Waals surface area contributed by atoms with Crippen LogP contribution >= 0.6 is 0 Å². The highest BCUT2D eigenvalue weighted by atomic mass is 28.4. The minimum absolute atomic E-state index is 0.227. The van der Waals surface area contributed by atoms with Gasteiger partial charge < -0.3 is 18.2 Å². The van der Waals surface area contributed by atoms with E-state index in [1.165, 1.54) is 5.47 Å². The van der Waals surface area contributed by atoms with E-state index in [2.05, 4.69) is 94.6 Å². The van der Waals surface area contributed by atoms with Crippen molar-refractivity contribution in [1.82, 2.24) is 0 Å². The Balaban J connectivity index is 2.95. The summed E-state index contributed by atoms with van der Waals surface area (Å²) in [6.45, 7) is 29.4. The molecule has 1 rings (SSSR count). The first-order valence-corrected chi connectivity index (χ1v) is 17.2. The van der Waals surface area contributed by atoms with Gasteiger partial charge in [0.25, 0.3) is 0 Å². The lowest BCUT2D eigenvalue weighted by atomic mass is 9.78.